The highest BCUT2D eigenvalue weighted by molar-refractivity contribution is 6.15. The summed E-state index contributed by atoms with van der Waals surface area (Å²) >= 11 is 0. The number of H-pyrrole nitrogens is 1. The van der Waals surface area contributed by atoms with E-state index < -0.39 is 0 Å². The average Bonchev–Trinajstić information content (AvgIpc) is 3.71. The number of para-hydroxylation sites is 1. The lowest BCUT2D eigenvalue weighted by atomic mass is 9.70. The van der Waals surface area contributed by atoms with Crippen LogP contribution in [0.4, 0.5) is 5.69 Å². The molecule has 2 N–H and O–H groups in total. The Morgan fingerprint density at radius 2 is 1.26 bits per heavy atom. The summed E-state index contributed by atoms with van der Waals surface area (Å²) in [6.07, 6.45) is 9.01. The monoisotopic (exact) mass is 496 g/mol. The number of anilines is 1. The van der Waals surface area contributed by atoms with Crippen LogP contribution in [0.5, 0.6) is 0 Å². The molecule has 4 aliphatic rings. The lowest BCUT2D eigenvalue weighted by Gasteiger charge is -2.30. The van der Waals surface area contributed by atoms with Gasteiger partial charge in [-0.25, -0.2) is 0 Å². The molecule has 0 amide bonds. The van der Waals surface area contributed by atoms with E-state index in [-0.39, 0.29) is 5.41 Å². The lowest BCUT2D eigenvalue weighted by Crippen LogP contribution is -2.25. The molecular weight excluding hydrogens is 472 g/mol. The molecule has 2 heteroatoms. The van der Waals surface area contributed by atoms with Crippen molar-refractivity contribution in [2.45, 2.75) is 17.4 Å². The maximum Gasteiger partial charge on any atom is 0.0727 e. The van der Waals surface area contributed by atoms with Crippen molar-refractivity contribution in [3.63, 3.8) is 0 Å². The maximum atomic E-state index is 3.94. The standard InChI is InChI=1S/C37H24N2/c1-5-13-27-25(11-1)33-29(19-17-23-21-9-3-7-15-31(21)38-35(23)33)37(27)28-14-6-2-12-26(28)34-30(37)20-18-24-22-10-4-8-16-32(22)39-36(24)34/h1-21,31,38-39H. The van der Waals surface area contributed by atoms with E-state index in [4.69, 9.17) is 0 Å². The third kappa shape index (κ3) is 2.20. The lowest BCUT2D eigenvalue weighted by molar-refractivity contribution is 0.792. The highest BCUT2D eigenvalue weighted by Gasteiger charge is 2.53. The topological polar surface area (TPSA) is 27.8 Å². The van der Waals surface area contributed by atoms with Crippen LogP contribution < -0.4 is 5.32 Å². The number of aromatic nitrogens is 1. The molecule has 39 heavy (non-hydrogen) atoms. The van der Waals surface area contributed by atoms with Crippen LogP contribution in [0, 0.1) is 0 Å². The fraction of sp³-hybridized carbons (Fsp3) is 0.0811. The summed E-state index contributed by atoms with van der Waals surface area (Å²) < 4.78 is 0. The van der Waals surface area contributed by atoms with Crippen molar-refractivity contribution in [2.24, 2.45) is 0 Å². The Balaban J connectivity index is 1.37. The minimum Gasteiger partial charge on any atom is -0.377 e. The number of fused-ring (bicyclic) bond motifs is 18. The maximum absolute atomic E-state index is 3.94. The summed E-state index contributed by atoms with van der Waals surface area (Å²) in [7, 11) is 0. The zero-order valence-electron chi connectivity index (χ0n) is 21.2. The predicted octanol–water partition coefficient (Wildman–Crippen LogP) is 8.67. The van der Waals surface area contributed by atoms with Crippen molar-refractivity contribution in [3.05, 3.63) is 149 Å². The van der Waals surface area contributed by atoms with E-state index in [1.807, 2.05) is 0 Å². The van der Waals surface area contributed by atoms with Crippen LogP contribution in [0.25, 0.3) is 44.1 Å². The quantitative estimate of drug-likeness (QED) is 0.216. The summed E-state index contributed by atoms with van der Waals surface area (Å²) in [4.78, 5) is 3.82. The molecule has 2 nitrogen and oxygen atoms in total. The van der Waals surface area contributed by atoms with Gasteiger partial charge in [0, 0.05) is 39.0 Å². The second kappa shape index (κ2) is 6.78. The van der Waals surface area contributed by atoms with Gasteiger partial charge in [0.25, 0.3) is 0 Å². The van der Waals surface area contributed by atoms with E-state index in [1.54, 1.807) is 0 Å². The molecule has 10 rings (SSSR count). The second-order valence-electron chi connectivity index (χ2n) is 11.3. The molecular formula is C37H24N2. The molecule has 1 aliphatic heterocycles. The van der Waals surface area contributed by atoms with Crippen molar-refractivity contribution >= 4 is 27.5 Å². The van der Waals surface area contributed by atoms with Gasteiger partial charge in [-0.2, -0.15) is 0 Å². The molecule has 0 saturated heterocycles. The number of hydrogen-bond donors (Lipinski definition) is 2. The van der Waals surface area contributed by atoms with Gasteiger partial charge in [-0.15, -0.1) is 0 Å². The van der Waals surface area contributed by atoms with Gasteiger partial charge in [0.15, 0.2) is 0 Å². The fourth-order valence-electron chi connectivity index (χ4n) is 8.29. The van der Waals surface area contributed by atoms with Gasteiger partial charge in [-0.3, -0.25) is 0 Å². The molecule has 2 heterocycles. The first kappa shape index (κ1) is 20.2. The van der Waals surface area contributed by atoms with Gasteiger partial charge in [0.1, 0.15) is 0 Å². The number of allylic oxidation sites excluding steroid dienone is 2. The van der Waals surface area contributed by atoms with E-state index in [1.165, 1.54) is 77.6 Å². The third-order valence-electron chi connectivity index (χ3n) is 9.73. The van der Waals surface area contributed by atoms with Crippen LogP contribution in [0.15, 0.2) is 121 Å². The fourth-order valence-corrected chi connectivity index (χ4v) is 8.29. The molecule has 5 aromatic carbocycles. The van der Waals surface area contributed by atoms with Crippen LogP contribution in [-0.4, -0.2) is 11.0 Å². The second-order valence-corrected chi connectivity index (χ2v) is 11.3. The highest BCUT2D eigenvalue weighted by Crippen LogP contribution is 2.66. The highest BCUT2D eigenvalue weighted by atomic mass is 15.0. The molecule has 3 aliphatic carbocycles. The van der Waals surface area contributed by atoms with Crippen LogP contribution >= 0.6 is 0 Å². The van der Waals surface area contributed by atoms with Crippen molar-refractivity contribution in [2.75, 3.05) is 5.32 Å². The van der Waals surface area contributed by atoms with Gasteiger partial charge in [0.2, 0.25) is 0 Å². The van der Waals surface area contributed by atoms with Crippen LogP contribution in [0.3, 0.4) is 0 Å². The minimum absolute atomic E-state index is 0.314. The molecule has 6 aromatic rings. The molecule has 3 unspecified atom stereocenters. The molecule has 0 fully saturated rings. The third-order valence-corrected chi connectivity index (χ3v) is 9.73. The summed E-state index contributed by atoms with van der Waals surface area (Å²) in [5, 5.41) is 6.51. The Hall–Kier alpha value is -4.82. The molecule has 0 bridgehead atoms. The Bertz CT molecular complexity index is 2120. The van der Waals surface area contributed by atoms with Gasteiger partial charge < -0.3 is 10.3 Å². The molecule has 1 spiro atoms. The van der Waals surface area contributed by atoms with E-state index in [0.717, 1.165) is 0 Å². The van der Waals surface area contributed by atoms with Crippen LogP contribution in [0.2, 0.25) is 0 Å². The number of aromatic amines is 1. The molecule has 1 aromatic heterocycles. The largest absolute Gasteiger partial charge is 0.377 e. The smallest absolute Gasteiger partial charge is 0.0727 e. The summed E-state index contributed by atoms with van der Waals surface area (Å²) in [5.41, 5.74) is 15.7. The first-order chi connectivity index (χ1) is 19.4. The first-order valence-electron chi connectivity index (χ1n) is 13.9. The SMILES string of the molecule is C1=CC2Nc3c(ccc4c3-c3ccccc3C43c4ccccc4-c4c3ccc3c4[nH]c4ccccc43)C2C=C1. The molecule has 3 atom stereocenters. The predicted molar refractivity (Wildman–Crippen MR) is 161 cm³/mol. The van der Waals surface area contributed by atoms with Crippen molar-refractivity contribution in [1.29, 1.82) is 0 Å². The van der Waals surface area contributed by atoms with Crippen LogP contribution in [-0.2, 0) is 5.41 Å². The summed E-state index contributed by atoms with van der Waals surface area (Å²) in [6.45, 7) is 0. The summed E-state index contributed by atoms with van der Waals surface area (Å²) in [6, 6.07) is 36.8. The van der Waals surface area contributed by atoms with Crippen molar-refractivity contribution in [3.8, 4) is 22.3 Å². The van der Waals surface area contributed by atoms with Crippen LogP contribution in [0.1, 0.15) is 33.7 Å². The van der Waals surface area contributed by atoms with E-state index in [0.29, 0.717) is 12.0 Å². The van der Waals surface area contributed by atoms with E-state index in [2.05, 4.69) is 132 Å². The Labute approximate surface area is 226 Å². The van der Waals surface area contributed by atoms with Gasteiger partial charge in [-0.1, -0.05) is 115 Å². The van der Waals surface area contributed by atoms with Gasteiger partial charge in [0.05, 0.1) is 17.0 Å². The van der Waals surface area contributed by atoms with E-state index in [9.17, 15) is 0 Å². The molecule has 0 radical (unpaired) electrons. The Morgan fingerprint density at radius 1 is 0.564 bits per heavy atom. The zero-order valence-corrected chi connectivity index (χ0v) is 21.2. The number of nitrogens with one attached hydrogen (secondary N) is 2. The number of rotatable bonds is 0. The zero-order chi connectivity index (χ0) is 25.3. The number of hydrogen-bond acceptors (Lipinski definition) is 1. The minimum atomic E-state index is -0.348. The van der Waals surface area contributed by atoms with Gasteiger partial charge >= 0.3 is 0 Å². The average molecular weight is 497 g/mol. The van der Waals surface area contributed by atoms with Crippen molar-refractivity contribution < 1.29 is 0 Å². The Kier molecular flexibility index (Phi) is 3.51. The molecule has 182 valence electrons. The van der Waals surface area contributed by atoms with Gasteiger partial charge in [-0.05, 0) is 45.0 Å². The molecule has 0 saturated carbocycles. The number of benzene rings is 5. The van der Waals surface area contributed by atoms with Crippen molar-refractivity contribution in [1.82, 2.24) is 4.98 Å². The Morgan fingerprint density at radius 3 is 2.13 bits per heavy atom. The van der Waals surface area contributed by atoms with E-state index >= 15 is 0 Å². The first-order valence-corrected chi connectivity index (χ1v) is 13.9. The normalized spacial score (nSPS) is 22.5. The summed E-state index contributed by atoms with van der Waals surface area (Å²) in [5.74, 6) is 0.383.